The summed E-state index contributed by atoms with van der Waals surface area (Å²) in [5.74, 6) is 0.688. The van der Waals surface area contributed by atoms with Gasteiger partial charge in [-0.25, -0.2) is 12.7 Å². The van der Waals surface area contributed by atoms with Crippen LogP contribution in [0.4, 0.5) is 5.13 Å². The van der Waals surface area contributed by atoms with Crippen LogP contribution in [-0.4, -0.2) is 32.3 Å². The average Bonchev–Trinajstić information content (AvgIpc) is 2.96. The van der Waals surface area contributed by atoms with Crippen molar-refractivity contribution in [2.75, 3.05) is 18.0 Å². The molecular weight excluding hydrogens is 322 g/mol. The molecule has 2 rings (SSSR count). The normalized spacial score (nSPS) is 11.5. The van der Waals surface area contributed by atoms with Crippen molar-refractivity contribution < 1.29 is 13.2 Å². The molecule has 0 saturated carbocycles. The Labute approximate surface area is 134 Å². The van der Waals surface area contributed by atoms with Gasteiger partial charge in [0.15, 0.2) is 0 Å². The molecule has 0 aliphatic heterocycles. The maximum absolute atomic E-state index is 13.1. The number of nitrogens with zero attached hydrogens (tertiary/aromatic N) is 3. The summed E-state index contributed by atoms with van der Waals surface area (Å²) < 4.78 is 32.7. The monoisotopic (exact) mass is 341 g/mol. The van der Waals surface area contributed by atoms with Crippen LogP contribution < -0.4 is 9.04 Å². The minimum Gasteiger partial charge on any atom is -0.496 e. The Morgan fingerprint density at radius 2 is 1.95 bits per heavy atom. The Morgan fingerprint density at radius 3 is 2.45 bits per heavy atom. The molecule has 0 spiro atoms. The third kappa shape index (κ3) is 2.68. The maximum Gasteiger partial charge on any atom is 0.266 e. The Kier molecular flexibility index (Phi) is 4.72. The molecule has 0 aliphatic rings. The number of sulfonamides is 1. The van der Waals surface area contributed by atoms with Gasteiger partial charge in [0.05, 0.1) is 12.0 Å². The molecule has 1 aromatic heterocycles. The number of aromatic nitrogens is 2. The fourth-order valence-corrected chi connectivity index (χ4v) is 5.19. The fraction of sp³-hybridized carbons (Fsp3) is 0.429. The summed E-state index contributed by atoms with van der Waals surface area (Å²) in [6.07, 6.45) is 0. The summed E-state index contributed by atoms with van der Waals surface area (Å²) in [5.41, 5.74) is 3.69. The number of ether oxygens (including phenoxy) is 1. The van der Waals surface area contributed by atoms with Crippen molar-refractivity contribution >= 4 is 26.5 Å². The van der Waals surface area contributed by atoms with E-state index < -0.39 is 10.0 Å². The van der Waals surface area contributed by atoms with E-state index in [4.69, 9.17) is 4.74 Å². The van der Waals surface area contributed by atoms with Gasteiger partial charge in [-0.15, -0.1) is 10.2 Å². The highest BCUT2D eigenvalue weighted by atomic mass is 32.2. The van der Waals surface area contributed by atoms with E-state index >= 15 is 0 Å². The van der Waals surface area contributed by atoms with Crippen LogP contribution >= 0.6 is 11.3 Å². The lowest BCUT2D eigenvalue weighted by Gasteiger charge is -2.23. The predicted octanol–water partition coefficient (Wildman–Crippen LogP) is 2.69. The lowest BCUT2D eigenvalue weighted by atomic mass is 10.1. The summed E-state index contributed by atoms with van der Waals surface area (Å²) in [5, 5.41) is 7.99. The summed E-state index contributed by atoms with van der Waals surface area (Å²) in [7, 11) is -2.12. The van der Waals surface area contributed by atoms with Crippen LogP contribution in [0, 0.1) is 20.8 Å². The van der Waals surface area contributed by atoms with Crippen molar-refractivity contribution in [1.82, 2.24) is 10.2 Å². The Hall–Kier alpha value is -1.67. The van der Waals surface area contributed by atoms with Crippen LogP contribution in [0.25, 0.3) is 0 Å². The fourth-order valence-electron chi connectivity index (χ4n) is 2.42. The van der Waals surface area contributed by atoms with Crippen LogP contribution in [0.3, 0.4) is 0 Å². The number of methoxy groups -OCH3 is 1. The predicted molar refractivity (Wildman–Crippen MR) is 87.3 cm³/mol. The lowest BCUT2D eigenvalue weighted by Crippen LogP contribution is -2.32. The van der Waals surface area contributed by atoms with Gasteiger partial charge in [0.25, 0.3) is 10.0 Å². The van der Waals surface area contributed by atoms with E-state index in [0.29, 0.717) is 33.4 Å². The van der Waals surface area contributed by atoms with Crippen molar-refractivity contribution in [3.63, 3.8) is 0 Å². The van der Waals surface area contributed by atoms with Gasteiger partial charge < -0.3 is 4.74 Å². The third-order valence-corrected chi connectivity index (χ3v) is 6.58. The van der Waals surface area contributed by atoms with E-state index in [-0.39, 0.29) is 0 Å². The summed E-state index contributed by atoms with van der Waals surface area (Å²) in [6, 6.07) is 1.75. The van der Waals surface area contributed by atoms with Crippen molar-refractivity contribution in [2.24, 2.45) is 0 Å². The largest absolute Gasteiger partial charge is 0.496 e. The van der Waals surface area contributed by atoms with Crippen LogP contribution in [0.2, 0.25) is 0 Å². The second-order valence-electron chi connectivity index (χ2n) is 4.87. The molecule has 0 aliphatic carbocycles. The molecule has 0 unspecified atom stereocenters. The van der Waals surface area contributed by atoms with Crippen molar-refractivity contribution in [3.8, 4) is 5.75 Å². The second kappa shape index (κ2) is 6.21. The molecule has 0 amide bonds. The Morgan fingerprint density at radius 1 is 1.27 bits per heavy atom. The van der Waals surface area contributed by atoms with Crippen LogP contribution in [0.15, 0.2) is 16.5 Å². The molecule has 0 atom stereocenters. The first-order chi connectivity index (χ1) is 10.3. The highest BCUT2D eigenvalue weighted by Gasteiger charge is 2.30. The van der Waals surface area contributed by atoms with Crippen molar-refractivity contribution in [1.29, 1.82) is 0 Å². The quantitative estimate of drug-likeness (QED) is 0.836. The topological polar surface area (TPSA) is 72.4 Å². The van der Waals surface area contributed by atoms with Crippen molar-refractivity contribution in [3.05, 3.63) is 28.3 Å². The first-order valence-electron chi connectivity index (χ1n) is 6.78. The van der Waals surface area contributed by atoms with Gasteiger partial charge >= 0.3 is 0 Å². The van der Waals surface area contributed by atoms with E-state index in [0.717, 1.165) is 5.56 Å². The lowest BCUT2D eigenvalue weighted by molar-refractivity contribution is 0.410. The molecule has 0 fully saturated rings. The van der Waals surface area contributed by atoms with E-state index in [1.165, 1.54) is 21.2 Å². The summed E-state index contributed by atoms with van der Waals surface area (Å²) >= 11 is 1.20. The number of hydrogen-bond donors (Lipinski definition) is 0. The average molecular weight is 341 g/mol. The molecule has 2 aromatic rings. The molecule has 120 valence electrons. The maximum atomic E-state index is 13.1. The number of anilines is 1. The van der Waals surface area contributed by atoms with Crippen molar-refractivity contribution in [2.45, 2.75) is 32.6 Å². The zero-order chi connectivity index (χ0) is 16.5. The first kappa shape index (κ1) is 16.7. The molecule has 0 radical (unpaired) electrons. The smallest absolute Gasteiger partial charge is 0.266 e. The molecule has 1 aromatic carbocycles. The highest BCUT2D eigenvalue weighted by molar-refractivity contribution is 7.93. The van der Waals surface area contributed by atoms with E-state index in [1.54, 1.807) is 33.9 Å². The summed E-state index contributed by atoms with van der Waals surface area (Å²) in [4.78, 5) is 0.308. The standard InChI is InChI=1S/C14H19N3O3S2/c1-6-17(14-16-15-8-21-14)22(18,19)13-9(2)7-12(20-5)10(3)11(13)4/h7-8H,6H2,1-5H3. The van der Waals surface area contributed by atoms with Gasteiger partial charge in [-0.1, -0.05) is 11.3 Å². The molecule has 1 heterocycles. The van der Waals surface area contributed by atoms with Crippen LogP contribution in [-0.2, 0) is 10.0 Å². The Bertz CT molecular complexity index is 771. The van der Waals surface area contributed by atoms with Gasteiger partial charge in [0.1, 0.15) is 11.3 Å². The molecule has 22 heavy (non-hydrogen) atoms. The molecular formula is C14H19N3O3S2. The molecule has 8 heteroatoms. The number of hydrogen-bond acceptors (Lipinski definition) is 6. The van der Waals surface area contributed by atoms with E-state index in [9.17, 15) is 8.42 Å². The number of aryl methyl sites for hydroxylation is 1. The van der Waals surface area contributed by atoms with Crippen LogP contribution in [0.5, 0.6) is 5.75 Å². The van der Waals surface area contributed by atoms with Gasteiger partial charge in [-0.05, 0) is 50.5 Å². The number of benzene rings is 1. The van der Waals surface area contributed by atoms with Gasteiger partial charge in [-0.2, -0.15) is 0 Å². The third-order valence-electron chi connectivity index (χ3n) is 3.60. The summed E-state index contributed by atoms with van der Waals surface area (Å²) in [6.45, 7) is 7.50. The second-order valence-corrected chi connectivity index (χ2v) is 7.48. The van der Waals surface area contributed by atoms with Crippen LogP contribution in [0.1, 0.15) is 23.6 Å². The highest BCUT2D eigenvalue weighted by Crippen LogP contribution is 2.34. The van der Waals surface area contributed by atoms with E-state index in [1.807, 2.05) is 6.92 Å². The zero-order valence-electron chi connectivity index (χ0n) is 13.2. The van der Waals surface area contributed by atoms with E-state index in [2.05, 4.69) is 10.2 Å². The van der Waals surface area contributed by atoms with Gasteiger partial charge in [0, 0.05) is 6.54 Å². The first-order valence-corrected chi connectivity index (χ1v) is 9.10. The van der Waals surface area contributed by atoms with Gasteiger partial charge in [-0.3, -0.25) is 0 Å². The molecule has 6 nitrogen and oxygen atoms in total. The van der Waals surface area contributed by atoms with Gasteiger partial charge in [0.2, 0.25) is 5.13 Å². The molecule has 0 bridgehead atoms. The number of rotatable bonds is 5. The molecule has 0 N–H and O–H groups in total. The Balaban J connectivity index is 2.66. The molecule has 0 saturated heterocycles. The zero-order valence-corrected chi connectivity index (χ0v) is 14.9. The minimum absolute atomic E-state index is 0.293. The SMILES string of the molecule is CCN(c1nncs1)S(=O)(=O)c1c(C)cc(OC)c(C)c1C. The minimum atomic E-state index is -3.70.